The van der Waals surface area contributed by atoms with E-state index in [1.807, 2.05) is 0 Å². The molecule has 0 aromatic heterocycles. The molecule has 0 heterocycles. The maximum absolute atomic E-state index is 2.35. The highest BCUT2D eigenvalue weighted by molar-refractivity contribution is 7.98. The molecule has 7 aromatic carbocycles. The van der Waals surface area contributed by atoms with Gasteiger partial charge in [-0.3, -0.25) is 0 Å². The third kappa shape index (κ3) is 11.3. The van der Waals surface area contributed by atoms with Crippen LogP contribution in [0.2, 0.25) is 0 Å². The van der Waals surface area contributed by atoms with Crippen LogP contribution in [0, 0.1) is 0 Å². The largest absolute Gasteiger partial charge is 0.310 e. The van der Waals surface area contributed by atoms with E-state index in [-0.39, 0.29) is 0 Å². The fourth-order valence-corrected chi connectivity index (χ4v) is 8.26. The number of rotatable bonds is 18. The molecule has 4 heteroatoms. The quantitative estimate of drug-likeness (QED) is 0.0628. The highest BCUT2D eigenvalue weighted by atomic mass is 32.2. The Balaban J connectivity index is 1.02. The van der Waals surface area contributed by atoms with Crippen LogP contribution in [0.5, 0.6) is 0 Å². The van der Waals surface area contributed by atoms with E-state index in [0.29, 0.717) is 0 Å². The second-order valence-corrected chi connectivity index (χ2v) is 16.9. The molecule has 0 saturated carbocycles. The van der Waals surface area contributed by atoms with Crippen molar-refractivity contribution in [3.8, 4) is 0 Å². The van der Waals surface area contributed by atoms with Crippen molar-refractivity contribution in [2.24, 2.45) is 0 Å². The molecular formula is C56H56N2S2. The minimum Gasteiger partial charge on any atom is -0.310 e. The molecule has 0 unspecified atom stereocenters. The zero-order valence-corrected chi connectivity index (χ0v) is 37.1. The fourth-order valence-electron chi connectivity index (χ4n) is 7.35. The Morgan fingerprint density at radius 3 is 0.967 bits per heavy atom. The molecule has 0 saturated heterocycles. The lowest BCUT2D eigenvalue weighted by Gasteiger charge is -2.26. The molecule has 7 rings (SSSR count). The van der Waals surface area contributed by atoms with Gasteiger partial charge in [0.1, 0.15) is 0 Å². The third-order valence-corrected chi connectivity index (χ3v) is 12.3. The van der Waals surface area contributed by atoms with Crippen LogP contribution in [0.15, 0.2) is 180 Å². The first kappa shape index (κ1) is 42.4. The number of hydrogen-bond donors (Lipinski definition) is 0. The Labute approximate surface area is 367 Å². The number of hydrogen-bond acceptors (Lipinski definition) is 4. The maximum atomic E-state index is 2.35. The Bertz CT molecular complexity index is 2270. The summed E-state index contributed by atoms with van der Waals surface area (Å²) in [4.78, 5) is 7.21. The first-order valence-corrected chi connectivity index (χ1v) is 23.7. The van der Waals surface area contributed by atoms with Crippen LogP contribution in [-0.4, -0.2) is 12.5 Å². The van der Waals surface area contributed by atoms with Gasteiger partial charge in [0.15, 0.2) is 0 Å². The van der Waals surface area contributed by atoms with Crippen LogP contribution in [0.3, 0.4) is 0 Å². The first-order chi connectivity index (χ1) is 29.5. The van der Waals surface area contributed by atoms with Crippen LogP contribution in [0.25, 0.3) is 24.3 Å². The van der Waals surface area contributed by atoms with E-state index in [0.717, 1.165) is 35.6 Å². The van der Waals surface area contributed by atoms with Crippen molar-refractivity contribution in [2.75, 3.05) is 22.3 Å². The number of thioether (sulfide) groups is 2. The molecule has 2 nitrogen and oxygen atoms in total. The van der Waals surface area contributed by atoms with Crippen molar-refractivity contribution in [3.05, 3.63) is 203 Å². The van der Waals surface area contributed by atoms with Gasteiger partial charge in [0.05, 0.1) is 0 Å². The molecule has 0 aliphatic rings. The van der Waals surface area contributed by atoms with Gasteiger partial charge in [-0.25, -0.2) is 0 Å². The zero-order valence-electron chi connectivity index (χ0n) is 35.4. The predicted octanol–water partition coefficient (Wildman–Crippen LogP) is 17.1. The summed E-state index contributed by atoms with van der Waals surface area (Å²) in [7, 11) is 0. The van der Waals surface area contributed by atoms with Gasteiger partial charge in [0, 0.05) is 43.9 Å². The number of benzene rings is 7. The van der Waals surface area contributed by atoms with Crippen LogP contribution in [0.1, 0.15) is 72.9 Å². The molecular weight excluding hydrogens is 765 g/mol. The van der Waals surface area contributed by atoms with Gasteiger partial charge in [-0.15, -0.1) is 23.5 Å². The predicted molar refractivity (Wildman–Crippen MR) is 267 cm³/mol. The van der Waals surface area contributed by atoms with Crippen LogP contribution in [-0.2, 0) is 12.8 Å². The second-order valence-electron chi connectivity index (χ2n) is 15.1. The summed E-state index contributed by atoms with van der Waals surface area (Å²) in [6.07, 6.45) is 20.1. The summed E-state index contributed by atoms with van der Waals surface area (Å²) in [5, 5.41) is 0. The summed E-state index contributed by atoms with van der Waals surface area (Å²) in [6, 6.07) is 62.2. The maximum Gasteiger partial charge on any atom is 0.0472 e. The van der Waals surface area contributed by atoms with Gasteiger partial charge < -0.3 is 9.80 Å². The number of anilines is 6. The normalized spacial score (nSPS) is 11.4. The molecule has 0 aliphatic carbocycles. The zero-order chi connectivity index (χ0) is 41.5. The van der Waals surface area contributed by atoms with Crippen molar-refractivity contribution in [3.63, 3.8) is 0 Å². The first-order valence-electron chi connectivity index (χ1n) is 21.3. The molecule has 0 fully saturated rings. The van der Waals surface area contributed by atoms with Gasteiger partial charge in [-0.2, -0.15) is 0 Å². The molecule has 60 heavy (non-hydrogen) atoms. The van der Waals surface area contributed by atoms with Crippen molar-refractivity contribution in [2.45, 2.75) is 62.2 Å². The Kier molecular flexibility index (Phi) is 15.2. The summed E-state index contributed by atoms with van der Waals surface area (Å²) in [5.41, 5.74) is 14.4. The van der Waals surface area contributed by atoms with Crippen molar-refractivity contribution in [1.82, 2.24) is 0 Å². The van der Waals surface area contributed by atoms with E-state index in [2.05, 4.69) is 230 Å². The Hall–Kier alpha value is -5.68. The summed E-state index contributed by atoms with van der Waals surface area (Å²) < 4.78 is 0. The minimum absolute atomic E-state index is 1.12. The third-order valence-electron chi connectivity index (χ3n) is 10.8. The molecule has 0 N–H and O–H groups in total. The van der Waals surface area contributed by atoms with Gasteiger partial charge in [-0.1, -0.05) is 136 Å². The Morgan fingerprint density at radius 1 is 0.367 bits per heavy atom. The average molecular weight is 821 g/mol. The molecule has 0 radical (unpaired) electrons. The molecule has 302 valence electrons. The fraction of sp³-hybridized carbons (Fsp3) is 0.179. The molecule has 7 aromatic rings. The SMILES string of the molecule is CCCCc1ccc(N(c2ccc(C=Cc3ccc(C=Cc4ccc(N(c5ccc(CCCC)cc5)c5cccc(SC)c5)cc4)cc3)cc2)c2cccc(SC)c2)cc1. The van der Waals surface area contributed by atoms with Crippen LogP contribution in [0.4, 0.5) is 34.1 Å². The molecule has 0 bridgehead atoms. The highest BCUT2D eigenvalue weighted by Crippen LogP contribution is 2.38. The topological polar surface area (TPSA) is 6.48 Å². The Morgan fingerprint density at radius 2 is 0.667 bits per heavy atom. The van der Waals surface area contributed by atoms with Crippen molar-refractivity contribution < 1.29 is 0 Å². The molecule has 0 spiro atoms. The average Bonchev–Trinajstić information content (AvgIpc) is 3.31. The van der Waals surface area contributed by atoms with E-state index in [9.17, 15) is 0 Å². The van der Waals surface area contributed by atoms with E-state index >= 15 is 0 Å². The highest BCUT2D eigenvalue weighted by Gasteiger charge is 2.15. The number of nitrogens with zero attached hydrogens (tertiary/aromatic N) is 2. The van der Waals surface area contributed by atoms with Gasteiger partial charge in [-0.05, 0) is 157 Å². The van der Waals surface area contributed by atoms with Crippen LogP contribution < -0.4 is 9.80 Å². The molecule has 0 atom stereocenters. The minimum atomic E-state index is 1.12. The summed E-state index contributed by atoms with van der Waals surface area (Å²) in [6.45, 7) is 4.50. The number of unbranched alkanes of at least 4 members (excludes halogenated alkanes) is 2. The molecule has 0 aliphatic heterocycles. The lowest BCUT2D eigenvalue weighted by atomic mass is 10.1. The van der Waals surface area contributed by atoms with E-state index in [1.165, 1.54) is 80.2 Å². The molecule has 0 amide bonds. The standard InChI is InChI=1S/C56H56N2S2/c1-5-7-11-43-25-33-49(34-26-43)57(53-13-9-15-55(41-53)59-3)51-37-29-47(30-38-51)23-21-45-17-19-46(20-18-45)22-24-48-31-39-52(40-32-48)58(54-14-10-16-56(42-54)60-4)50-35-27-44(28-36-50)12-8-6-2/h9-10,13-42H,5-8,11-12H2,1-4H3. The van der Waals surface area contributed by atoms with Gasteiger partial charge >= 0.3 is 0 Å². The smallest absolute Gasteiger partial charge is 0.0472 e. The lowest BCUT2D eigenvalue weighted by molar-refractivity contribution is 0.795. The monoisotopic (exact) mass is 820 g/mol. The van der Waals surface area contributed by atoms with E-state index < -0.39 is 0 Å². The van der Waals surface area contributed by atoms with Gasteiger partial charge in [0.25, 0.3) is 0 Å². The summed E-state index contributed by atoms with van der Waals surface area (Å²) >= 11 is 3.54. The van der Waals surface area contributed by atoms with Crippen LogP contribution >= 0.6 is 23.5 Å². The second kappa shape index (κ2) is 21.5. The number of aryl methyl sites for hydroxylation is 2. The van der Waals surface area contributed by atoms with Crippen molar-refractivity contribution >= 4 is 82.0 Å². The van der Waals surface area contributed by atoms with E-state index in [4.69, 9.17) is 0 Å². The van der Waals surface area contributed by atoms with E-state index in [1.54, 1.807) is 23.5 Å². The lowest BCUT2D eigenvalue weighted by Crippen LogP contribution is -2.10. The van der Waals surface area contributed by atoms with Gasteiger partial charge in [0.2, 0.25) is 0 Å². The summed E-state index contributed by atoms with van der Waals surface area (Å²) in [5.74, 6) is 0. The van der Waals surface area contributed by atoms with Crippen molar-refractivity contribution in [1.29, 1.82) is 0 Å².